The largest absolute Gasteiger partial charge is 0.0683 e. The Bertz CT molecular complexity index is 553. The van der Waals surface area contributed by atoms with Gasteiger partial charge in [0.25, 0.3) is 0 Å². The molecule has 3 rings (SSSR count). The fourth-order valence-corrected chi connectivity index (χ4v) is 3.41. The molecule has 21 heavy (non-hydrogen) atoms. The fourth-order valence-electron chi connectivity index (χ4n) is 3.41. The molecule has 2 aromatic carbocycles. The summed E-state index contributed by atoms with van der Waals surface area (Å²) in [7, 11) is 0. The Morgan fingerprint density at radius 1 is 0.810 bits per heavy atom. The third kappa shape index (κ3) is 3.75. The van der Waals surface area contributed by atoms with Crippen molar-refractivity contribution in [3.8, 4) is 0 Å². The third-order valence-electron chi connectivity index (χ3n) is 4.38. The van der Waals surface area contributed by atoms with Gasteiger partial charge < -0.3 is 0 Å². The molecule has 0 fully saturated rings. The summed E-state index contributed by atoms with van der Waals surface area (Å²) in [5.74, 6) is 0.697. The second kappa shape index (κ2) is 8.02. The van der Waals surface area contributed by atoms with Crippen LogP contribution in [-0.4, -0.2) is 0 Å². The van der Waals surface area contributed by atoms with Crippen molar-refractivity contribution in [1.82, 2.24) is 0 Å². The summed E-state index contributed by atoms with van der Waals surface area (Å²) < 4.78 is 0. The molecule has 0 aromatic heterocycles. The maximum atomic E-state index is 2.35. The molecule has 1 atom stereocenters. The minimum Gasteiger partial charge on any atom is -0.0683 e. The Hall–Kier alpha value is -1.56. The number of aryl methyl sites for hydroxylation is 2. The van der Waals surface area contributed by atoms with Crippen LogP contribution in [0.15, 0.2) is 48.5 Å². The minimum absolute atomic E-state index is 0.697. The van der Waals surface area contributed by atoms with Gasteiger partial charge in [0.05, 0.1) is 0 Å². The maximum absolute atomic E-state index is 2.35. The quantitative estimate of drug-likeness (QED) is 0.639. The SMILES string of the molecule is CC.CCCC1Cc2ccccc2CCc2ccccc21. The van der Waals surface area contributed by atoms with Gasteiger partial charge in [-0.1, -0.05) is 75.7 Å². The molecule has 0 aliphatic heterocycles. The van der Waals surface area contributed by atoms with E-state index in [1.165, 1.54) is 32.1 Å². The van der Waals surface area contributed by atoms with Gasteiger partial charge in [0.2, 0.25) is 0 Å². The Labute approximate surface area is 130 Å². The van der Waals surface area contributed by atoms with Crippen molar-refractivity contribution < 1.29 is 0 Å². The van der Waals surface area contributed by atoms with Gasteiger partial charge in [-0.25, -0.2) is 0 Å². The van der Waals surface area contributed by atoms with Crippen LogP contribution in [0, 0.1) is 0 Å². The summed E-state index contributed by atoms with van der Waals surface area (Å²) in [4.78, 5) is 0. The highest BCUT2D eigenvalue weighted by Gasteiger charge is 2.19. The number of benzene rings is 2. The summed E-state index contributed by atoms with van der Waals surface area (Å²) >= 11 is 0. The van der Waals surface area contributed by atoms with Crippen molar-refractivity contribution in [1.29, 1.82) is 0 Å². The van der Waals surface area contributed by atoms with Gasteiger partial charge in [-0.15, -0.1) is 0 Å². The van der Waals surface area contributed by atoms with Gasteiger partial charge in [-0.3, -0.25) is 0 Å². The first-order valence-electron chi connectivity index (χ1n) is 8.53. The molecule has 0 heterocycles. The molecule has 0 N–H and O–H groups in total. The third-order valence-corrected chi connectivity index (χ3v) is 4.38. The van der Waals surface area contributed by atoms with E-state index >= 15 is 0 Å². The van der Waals surface area contributed by atoms with Crippen molar-refractivity contribution in [3.63, 3.8) is 0 Å². The van der Waals surface area contributed by atoms with Gasteiger partial charge in [-0.2, -0.15) is 0 Å². The summed E-state index contributed by atoms with van der Waals surface area (Å²) in [5.41, 5.74) is 6.28. The zero-order chi connectivity index (χ0) is 15.1. The average Bonchev–Trinajstić information content (AvgIpc) is 2.54. The number of fused-ring (bicyclic) bond motifs is 2. The van der Waals surface area contributed by atoms with E-state index < -0.39 is 0 Å². The minimum atomic E-state index is 0.697. The molecule has 0 amide bonds. The first kappa shape index (κ1) is 15.8. The smallest absolute Gasteiger partial charge is 0.0119 e. The van der Waals surface area contributed by atoms with E-state index in [4.69, 9.17) is 0 Å². The summed E-state index contributed by atoms with van der Waals surface area (Å²) in [6, 6.07) is 18.1. The lowest BCUT2D eigenvalue weighted by Gasteiger charge is -2.24. The molecule has 0 spiro atoms. The van der Waals surface area contributed by atoms with Gasteiger partial charge in [-0.05, 0) is 53.9 Å². The zero-order valence-electron chi connectivity index (χ0n) is 13.7. The lowest BCUT2D eigenvalue weighted by Crippen LogP contribution is -2.12. The van der Waals surface area contributed by atoms with Crippen LogP contribution >= 0.6 is 0 Å². The standard InChI is InChI=1S/C19H22.C2H6/c1-2-7-18-14-17-10-4-3-8-15(17)12-13-16-9-5-6-11-19(16)18;1-2/h3-6,8-11,18H,2,7,12-14H2,1H3;1-2H3. The van der Waals surface area contributed by atoms with Crippen molar-refractivity contribution in [2.75, 3.05) is 0 Å². The van der Waals surface area contributed by atoms with E-state index in [2.05, 4.69) is 55.5 Å². The molecule has 1 unspecified atom stereocenters. The van der Waals surface area contributed by atoms with E-state index in [0.29, 0.717) is 5.92 Å². The highest BCUT2D eigenvalue weighted by atomic mass is 14.2. The first-order chi connectivity index (χ1) is 10.4. The Balaban J connectivity index is 0.000000774. The van der Waals surface area contributed by atoms with Crippen LogP contribution in [-0.2, 0) is 19.3 Å². The van der Waals surface area contributed by atoms with Crippen LogP contribution in [0.1, 0.15) is 61.8 Å². The molecular formula is C21H28. The van der Waals surface area contributed by atoms with Gasteiger partial charge >= 0.3 is 0 Å². The van der Waals surface area contributed by atoms with E-state index in [1.807, 2.05) is 13.8 Å². The monoisotopic (exact) mass is 280 g/mol. The van der Waals surface area contributed by atoms with Crippen molar-refractivity contribution in [2.24, 2.45) is 0 Å². The second-order valence-corrected chi connectivity index (χ2v) is 5.66. The fraction of sp³-hybridized carbons (Fsp3) is 0.429. The molecule has 112 valence electrons. The van der Waals surface area contributed by atoms with E-state index in [0.717, 1.165) is 0 Å². The van der Waals surface area contributed by atoms with Gasteiger partial charge in [0.15, 0.2) is 0 Å². The van der Waals surface area contributed by atoms with Crippen LogP contribution in [0.2, 0.25) is 0 Å². The topological polar surface area (TPSA) is 0 Å². The van der Waals surface area contributed by atoms with E-state index in [9.17, 15) is 0 Å². The van der Waals surface area contributed by atoms with Crippen LogP contribution < -0.4 is 0 Å². The van der Waals surface area contributed by atoms with Crippen molar-refractivity contribution in [3.05, 3.63) is 70.8 Å². The Kier molecular flexibility index (Phi) is 6.04. The van der Waals surface area contributed by atoms with E-state index in [-0.39, 0.29) is 0 Å². The number of hydrogen-bond acceptors (Lipinski definition) is 0. The summed E-state index contributed by atoms with van der Waals surface area (Å²) in [6.45, 7) is 6.30. The van der Waals surface area contributed by atoms with Crippen LogP contribution in [0.5, 0.6) is 0 Å². The molecule has 0 nitrogen and oxygen atoms in total. The predicted molar refractivity (Wildman–Crippen MR) is 93.0 cm³/mol. The van der Waals surface area contributed by atoms with Crippen LogP contribution in [0.4, 0.5) is 0 Å². The molecule has 2 aromatic rings. The van der Waals surface area contributed by atoms with Gasteiger partial charge in [0, 0.05) is 0 Å². The van der Waals surface area contributed by atoms with Crippen LogP contribution in [0.3, 0.4) is 0 Å². The Morgan fingerprint density at radius 3 is 2.10 bits per heavy atom. The summed E-state index contributed by atoms with van der Waals surface area (Å²) in [6.07, 6.45) is 6.15. The highest BCUT2D eigenvalue weighted by Crippen LogP contribution is 2.32. The van der Waals surface area contributed by atoms with Crippen LogP contribution in [0.25, 0.3) is 0 Å². The van der Waals surface area contributed by atoms with Gasteiger partial charge in [0.1, 0.15) is 0 Å². The average molecular weight is 280 g/mol. The van der Waals surface area contributed by atoms with E-state index in [1.54, 1.807) is 22.3 Å². The molecule has 0 saturated heterocycles. The molecule has 1 aliphatic carbocycles. The molecule has 0 heteroatoms. The molecular weight excluding hydrogens is 252 g/mol. The predicted octanol–water partition coefficient (Wildman–Crippen LogP) is 5.94. The normalized spacial score (nSPS) is 16.6. The van der Waals surface area contributed by atoms with Crippen molar-refractivity contribution >= 4 is 0 Å². The molecule has 0 radical (unpaired) electrons. The number of rotatable bonds is 2. The maximum Gasteiger partial charge on any atom is -0.0119 e. The highest BCUT2D eigenvalue weighted by molar-refractivity contribution is 5.38. The second-order valence-electron chi connectivity index (χ2n) is 5.66. The zero-order valence-corrected chi connectivity index (χ0v) is 13.7. The lowest BCUT2D eigenvalue weighted by molar-refractivity contribution is 0.595. The molecule has 0 saturated carbocycles. The molecule has 0 bridgehead atoms. The summed E-state index contributed by atoms with van der Waals surface area (Å²) in [5, 5.41) is 0. The lowest BCUT2D eigenvalue weighted by atomic mass is 9.80. The van der Waals surface area contributed by atoms with Crippen molar-refractivity contribution in [2.45, 2.75) is 58.8 Å². The molecule has 1 aliphatic rings. The first-order valence-corrected chi connectivity index (χ1v) is 8.53. The Morgan fingerprint density at radius 2 is 1.38 bits per heavy atom. The number of hydrogen-bond donors (Lipinski definition) is 0.